The van der Waals surface area contributed by atoms with Crippen LogP contribution >= 0.6 is 0 Å². The third-order valence-electron chi connectivity index (χ3n) is 4.10. The highest BCUT2D eigenvalue weighted by Crippen LogP contribution is 2.31. The summed E-state index contributed by atoms with van der Waals surface area (Å²) in [7, 11) is 0. The van der Waals surface area contributed by atoms with Gasteiger partial charge in [0.1, 0.15) is 0 Å². The fourth-order valence-corrected chi connectivity index (χ4v) is 3.10. The number of carbonyl (C=O) groups excluding carboxylic acids is 1. The van der Waals surface area contributed by atoms with Crippen molar-refractivity contribution in [1.82, 2.24) is 5.32 Å². The normalized spacial score (nSPS) is 27.6. The van der Waals surface area contributed by atoms with Crippen LogP contribution in [0.25, 0.3) is 0 Å². The van der Waals surface area contributed by atoms with Gasteiger partial charge in [0.15, 0.2) is 0 Å². The molecule has 2 unspecified atom stereocenters. The standard InChI is InChI=1S/C14H19N3O/c15-11-3-1-2-4-13(11)17-8-7-12-10(9-17)5-6-14(18)16-12/h1-4,10,12H,5-9,15H2,(H,16,18). The number of nitrogens with zero attached hydrogens (tertiary/aromatic N) is 1. The van der Waals surface area contributed by atoms with Crippen LogP contribution in [0.15, 0.2) is 24.3 Å². The highest BCUT2D eigenvalue weighted by Gasteiger charge is 2.34. The lowest BCUT2D eigenvalue weighted by Crippen LogP contribution is -2.54. The topological polar surface area (TPSA) is 58.4 Å². The molecule has 3 N–H and O–H groups in total. The molecule has 4 heteroatoms. The molecular weight excluding hydrogens is 226 g/mol. The van der Waals surface area contributed by atoms with Crippen molar-refractivity contribution in [2.75, 3.05) is 23.7 Å². The molecule has 1 aromatic rings. The SMILES string of the molecule is Nc1ccccc1N1CCC2NC(=O)CCC2C1. The van der Waals surface area contributed by atoms with E-state index >= 15 is 0 Å². The van der Waals surface area contributed by atoms with E-state index in [9.17, 15) is 4.79 Å². The maximum absolute atomic E-state index is 11.4. The molecule has 0 radical (unpaired) electrons. The molecule has 1 amide bonds. The summed E-state index contributed by atoms with van der Waals surface area (Å²) in [6.45, 7) is 1.97. The van der Waals surface area contributed by atoms with E-state index in [2.05, 4.69) is 16.3 Å². The molecule has 0 spiro atoms. The van der Waals surface area contributed by atoms with Crippen molar-refractivity contribution in [3.05, 3.63) is 24.3 Å². The Morgan fingerprint density at radius 3 is 2.94 bits per heavy atom. The number of rotatable bonds is 1. The number of para-hydroxylation sites is 2. The van der Waals surface area contributed by atoms with Gasteiger partial charge >= 0.3 is 0 Å². The molecule has 18 heavy (non-hydrogen) atoms. The van der Waals surface area contributed by atoms with Gasteiger partial charge in [-0.25, -0.2) is 0 Å². The second kappa shape index (κ2) is 4.52. The maximum Gasteiger partial charge on any atom is 0.220 e. The second-order valence-corrected chi connectivity index (χ2v) is 5.27. The number of benzene rings is 1. The predicted octanol–water partition coefficient (Wildman–Crippen LogP) is 1.37. The summed E-state index contributed by atoms with van der Waals surface area (Å²) in [5.74, 6) is 0.778. The number of nitrogens with one attached hydrogen (secondary N) is 1. The van der Waals surface area contributed by atoms with E-state index in [1.165, 1.54) is 0 Å². The Bertz CT molecular complexity index is 460. The van der Waals surface area contributed by atoms with E-state index in [0.717, 1.165) is 37.3 Å². The van der Waals surface area contributed by atoms with Gasteiger partial charge in [-0.2, -0.15) is 0 Å². The van der Waals surface area contributed by atoms with Crippen molar-refractivity contribution in [1.29, 1.82) is 0 Å². The summed E-state index contributed by atoms with van der Waals surface area (Å²) in [6, 6.07) is 8.39. The quantitative estimate of drug-likeness (QED) is 0.735. The van der Waals surface area contributed by atoms with Gasteiger partial charge in [0, 0.05) is 25.6 Å². The highest BCUT2D eigenvalue weighted by molar-refractivity contribution is 5.77. The summed E-state index contributed by atoms with van der Waals surface area (Å²) in [5.41, 5.74) is 8.01. The van der Waals surface area contributed by atoms with Crippen LogP contribution in [0.1, 0.15) is 19.3 Å². The fraction of sp³-hybridized carbons (Fsp3) is 0.500. The Labute approximate surface area is 107 Å². The van der Waals surface area contributed by atoms with E-state index in [-0.39, 0.29) is 5.91 Å². The van der Waals surface area contributed by atoms with Gasteiger partial charge in [-0.3, -0.25) is 4.79 Å². The molecule has 3 rings (SSSR count). The minimum absolute atomic E-state index is 0.212. The third-order valence-corrected chi connectivity index (χ3v) is 4.10. The second-order valence-electron chi connectivity index (χ2n) is 5.27. The van der Waals surface area contributed by atoms with Gasteiger partial charge in [-0.05, 0) is 30.9 Å². The summed E-state index contributed by atoms with van der Waals surface area (Å²) in [4.78, 5) is 13.7. The van der Waals surface area contributed by atoms with Gasteiger partial charge < -0.3 is 16.0 Å². The van der Waals surface area contributed by atoms with Crippen molar-refractivity contribution < 1.29 is 4.79 Å². The van der Waals surface area contributed by atoms with Crippen molar-refractivity contribution in [3.63, 3.8) is 0 Å². The van der Waals surface area contributed by atoms with E-state index in [4.69, 9.17) is 5.73 Å². The molecule has 2 fully saturated rings. The molecular formula is C14H19N3O. The molecule has 2 aliphatic heterocycles. The number of amides is 1. The zero-order valence-electron chi connectivity index (χ0n) is 10.4. The third kappa shape index (κ3) is 2.03. The van der Waals surface area contributed by atoms with E-state index < -0.39 is 0 Å². The van der Waals surface area contributed by atoms with Crippen LogP contribution < -0.4 is 16.0 Å². The lowest BCUT2D eigenvalue weighted by molar-refractivity contribution is -0.124. The summed E-state index contributed by atoms with van der Waals surface area (Å²) in [5, 5.41) is 3.11. The average molecular weight is 245 g/mol. The number of anilines is 2. The van der Waals surface area contributed by atoms with Crippen LogP contribution in [0.4, 0.5) is 11.4 Å². The van der Waals surface area contributed by atoms with Crippen molar-refractivity contribution >= 4 is 17.3 Å². The maximum atomic E-state index is 11.4. The number of carbonyl (C=O) groups is 1. The van der Waals surface area contributed by atoms with Gasteiger partial charge in [0.05, 0.1) is 11.4 Å². The first-order valence-electron chi connectivity index (χ1n) is 6.63. The van der Waals surface area contributed by atoms with Crippen molar-refractivity contribution in [3.8, 4) is 0 Å². The van der Waals surface area contributed by atoms with E-state index in [1.54, 1.807) is 0 Å². The summed E-state index contributed by atoms with van der Waals surface area (Å²) >= 11 is 0. The molecule has 4 nitrogen and oxygen atoms in total. The van der Waals surface area contributed by atoms with Crippen LogP contribution in [0.5, 0.6) is 0 Å². The molecule has 0 saturated carbocycles. The Morgan fingerprint density at radius 1 is 1.28 bits per heavy atom. The van der Waals surface area contributed by atoms with Crippen molar-refractivity contribution in [2.24, 2.45) is 5.92 Å². The van der Waals surface area contributed by atoms with Crippen LogP contribution in [-0.4, -0.2) is 25.0 Å². The smallest absolute Gasteiger partial charge is 0.220 e. The van der Waals surface area contributed by atoms with Gasteiger partial charge in [0.2, 0.25) is 5.91 Å². The van der Waals surface area contributed by atoms with Gasteiger partial charge in [-0.1, -0.05) is 12.1 Å². The Hall–Kier alpha value is -1.71. The zero-order chi connectivity index (χ0) is 12.5. The minimum atomic E-state index is 0.212. The lowest BCUT2D eigenvalue weighted by atomic mass is 9.85. The average Bonchev–Trinajstić information content (AvgIpc) is 2.39. The molecule has 0 bridgehead atoms. The summed E-state index contributed by atoms with van der Waals surface area (Å²) < 4.78 is 0. The predicted molar refractivity (Wildman–Crippen MR) is 72.3 cm³/mol. The monoisotopic (exact) mass is 245 g/mol. The zero-order valence-corrected chi connectivity index (χ0v) is 10.4. The van der Waals surface area contributed by atoms with E-state index in [0.29, 0.717) is 18.4 Å². The molecule has 2 saturated heterocycles. The Kier molecular flexibility index (Phi) is 2.86. The van der Waals surface area contributed by atoms with Crippen LogP contribution in [0.3, 0.4) is 0 Å². The fourth-order valence-electron chi connectivity index (χ4n) is 3.10. The number of piperidine rings is 2. The van der Waals surface area contributed by atoms with E-state index in [1.807, 2.05) is 18.2 Å². The first-order chi connectivity index (χ1) is 8.74. The molecule has 96 valence electrons. The number of nitrogen functional groups attached to an aromatic ring is 1. The molecule has 0 aromatic heterocycles. The molecule has 1 aromatic carbocycles. The first kappa shape index (κ1) is 11.4. The first-order valence-corrected chi connectivity index (χ1v) is 6.63. The molecule has 2 atom stereocenters. The Morgan fingerprint density at radius 2 is 2.11 bits per heavy atom. The van der Waals surface area contributed by atoms with Crippen LogP contribution in [-0.2, 0) is 4.79 Å². The molecule has 2 aliphatic rings. The van der Waals surface area contributed by atoms with Crippen LogP contribution in [0, 0.1) is 5.92 Å². The van der Waals surface area contributed by atoms with Gasteiger partial charge in [-0.15, -0.1) is 0 Å². The van der Waals surface area contributed by atoms with Crippen LogP contribution in [0.2, 0.25) is 0 Å². The largest absolute Gasteiger partial charge is 0.397 e. The molecule has 2 heterocycles. The van der Waals surface area contributed by atoms with Crippen molar-refractivity contribution in [2.45, 2.75) is 25.3 Å². The lowest BCUT2D eigenvalue weighted by Gasteiger charge is -2.42. The molecule has 0 aliphatic carbocycles. The Balaban J connectivity index is 1.75. The highest BCUT2D eigenvalue weighted by atomic mass is 16.1. The van der Waals surface area contributed by atoms with Gasteiger partial charge in [0.25, 0.3) is 0 Å². The number of fused-ring (bicyclic) bond motifs is 1. The number of hydrogen-bond donors (Lipinski definition) is 2. The number of hydrogen-bond acceptors (Lipinski definition) is 3. The summed E-state index contributed by atoms with van der Waals surface area (Å²) in [6.07, 6.45) is 2.68. The minimum Gasteiger partial charge on any atom is -0.397 e. The number of nitrogens with two attached hydrogens (primary N) is 1.